The van der Waals surface area contributed by atoms with Gasteiger partial charge < -0.3 is 20.3 Å². The average molecular weight is 279 g/mol. The fraction of sp³-hybridized carbons (Fsp3) is 0.714. The van der Waals surface area contributed by atoms with Crippen LogP contribution in [0.5, 0.6) is 5.75 Å². The molecule has 2 N–H and O–H groups in total. The second-order valence-corrected chi connectivity index (χ2v) is 4.96. The van der Waals surface area contributed by atoms with Crippen molar-refractivity contribution >= 4 is 11.6 Å². The predicted molar refractivity (Wildman–Crippen MR) is 81.5 cm³/mol. The molecule has 2 heterocycles. The summed E-state index contributed by atoms with van der Waals surface area (Å²) in [5.74, 6) is 2.20. The number of rotatable bonds is 8. The van der Waals surface area contributed by atoms with Gasteiger partial charge in [-0.25, -0.2) is 9.97 Å². The van der Waals surface area contributed by atoms with E-state index >= 15 is 0 Å². The van der Waals surface area contributed by atoms with E-state index < -0.39 is 0 Å². The third kappa shape index (κ3) is 3.96. The van der Waals surface area contributed by atoms with Gasteiger partial charge in [0.1, 0.15) is 6.33 Å². The number of likely N-dealkylation sites (tertiary alicyclic amines) is 1. The molecule has 0 amide bonds. The van der Waals surface area contributed by atoms with E-state index in [1.807, 2.05) is 6.92 Å². The molecule has 6 nitrogen and oxygen atoms in total. The lowest BCUT2D eigenvalue weighted by Gasteiger charge is -2.16. The zero-order chi connectivity index (χ0) is 14.2. The first-order valence-electron chi connectivity index (χ1n) is 7.44. The third-order valence-corrected chi connectivity index (χ3v) is 3.49. The predicted octanol–water partition coefficient (Wildman–Crippen LogP) is 1.81. The van der Waals surface area contributed by atoms with Crippen LogP contribution < -0.4 is 15.4 Å². The van der Waals surface area contributed by atoms with E-state index in [2.05, 4.69) is 25.5 Å². The van der Waals surface area contributed by atoms with E-state index in [9.17, 15) is 0 Å². The molecule has 2 rings (SSSR count). The topological polar surface area (TPSA) is 62.3 Å². The highest BCUT2D eigenvalue weighted by Gasteiger charge is 2.12. The minimum Gasteiger partial charge on any atom is -0.490 e. The molecule has 1 fully saturated rings. The van der Waals surface area contributed by atoms with Gasteiger partial charge in [0.25, 0.3) is 0 Å². The molecule has 0 aliphatic carbocycles. The number of methoxy groups -OCH3 is 1. The standard InChI is InChI=1S/C14H25N5O/c1-3-15-13-12(20-2)14(18-11-17-13)16-7-6-10-19-8-4-5-9-19/h11H,3-10H2,1-2H3,(H2,15,16,17,18). The SMILES string of the molecule is CCNc1ncnc(NCCCN2CCCC2)c1OC. The first kappa shape index (κ1) is 14.8. The summed E-state index contributed by atoms with van der Waals surface area (Å²) in [6.07, 6.45) is 5.37. The van der Waals surface area contributed by atoms with Gasteiger partial charge in [0.05, 0.1) is 7.11 Å². The Morgan fingerprint density at radius 2 is 1.90 bits per heavy atom. The molecule has 0 aromatic carbocycles. The molecule has 6 heteroatoms. The molecule has 1 aromatic rings. The van der Waals surface area contributed by atoms with Crippen molar-refractivity contribution in [1.82, 2.24) is 14.9 Å². The first-order chi connectivity index (χ1) is 9.85. The average Bonchev–Trinajstić information content (AvgIpc) is 2.97. The Morgan fingerprint density at radius 3 is 2.55 bits per heavy atom. The Labute approximate surface area is 120 Å². The van der Waals surface area contributed by atoms with Crippen LogP contribution in [0.1, 0.15) is 26.2 Å². The molecule has 0 unspecified atom stereocenters. The van der Waals surface area contributed by atoms with Crippen molar-refractivity contribution in [1.29, 1.82) is 0 Å². The monoisotopic (exact) mass is 279 g/mol. The van der Waals surface area contributed by atoms with Crippen molar-refractivity contribution in [2.24, 2.45) is 0 Å². The Morgan fingerprint density at radius 1 is 1.20 bits per heavy atom. The van der Waals surface area contributed by atoms with Crippen LogP contribution in [0.15, 0.2) is 6.33 Å². The second kappa shape index (κ2) is 7.89. The molecular weight excluding hydrogens is 254 g/mol. The summed E-state index contributed by atoms with van der Waals surface area (Å²) in [6.45, 7) is 7.39. The molecule has 1 aliphatic rings. The van der Waals surface area contributed by atoms with E-state index in [0.29, 0.717) is 5.75 Å². The maximum absolute atomic E-state index is 5.40. The van der Waals surface area contributed by atoms with Crippen molar-refractivity contribution < 1.29 is 4.74 Å². The maximum atomic E-state index is 5.40. The van der Waals surface area contributed by atoms with Crippen molar-refractivity contribution in [3.63, 3.8) is 0 Å². The lowest BCUT2D eigenvalue weighted by atomic mass is 10.3. The lowest BCUT2D eigenvalue weighted by molar-refractivity contribution is 0.337. The summed E-state index contributed by atoms with van der Waals surface area (Å²) in [4.78, 5) is 11.0. The molecule has 1 saturated heterocycles. The highest BCUT2D eigenvalue weighted by Crippen LogP contribution is 2.28. The fourth-order valence-electron chi connectivity index (χ4n) is 2.50. The lowest BCUT2D eigenvalue weighted by Crippen LogP contribution is -2.22. The van der Waals surface area contributed by atoms with Crippen LogP contribution in [0.4, 0.5) is 11.6 Å². The minimum atomic E-state index is 0.690. The summed E-state index contributed by atoms with van der Waals surface area (Å²) in [5.41, 5.74) is 0. The zero-order valence-electron chi connectivity index (χ0n) is 12.5. The Bertz CT molecular complexity index is 407. The van der Waals surface area contributed by atoms with Crippen molar-refractivity contribution in [3.8, 4) is 5.75 Å². The van der Waals surface area contributed by atoms with Crippen LogP contribution in [0.25, 0.3) is 0 Å². The van der Waals surface area contributed by atoms with E-state index in [1.165, 1.54) is 25.9 Å². The van der Waals surface area contributed by atoms with Crippen LogP contribution >= 0.6 is 0 Å². The molecule has 0 saturated carbocycles. The van der Waals surface area contributed by atoms with Gasteiger partial charge in [-0.3, -0.25) is 0 Å². The normalized spacial score (nSPS) is 15.3. The highest BCUT2D eigenvalue weighted by atomic mass is 16.5. The zero-order valence-corrected chi connectivity index (χ0v) is 12.5. The molecule has 112 valence electrons. The largest absolute Gasteiger partial charge is 0.490 e. The molecule has 1 aromatic heterocycles. The van der Waals surface area contributed by atoms with Gasteiger partial charge in [0.15, 0.2) is 11.6 Å². The van der Waals surface area contributed by atoms with Gasteiger partial charge in [-0.2, -0.15) is 0 Å². The van der Waals surface area contributed by atoms with Crippen LogP contribution in [-0.2, 0) is 0 Å². The summed E-state index contributed by atoms with van der Waals surface area (Å²) in [7, 11) is 1.65. The number of nitrogens with one attached hydrogen (secondary N) is 2. The van der Waals surface area contributed by atoms with Gasteiger partial charge in [-0.15, -0.1) is 0 Å². The Balaban J connectivity index is 1.83. The summed E-state index contributed by atoms with van der Waals surface area (Å²) in [6, 6.07) is 0. The first-order valence-corrected chi connectivity index (χ1v) is 7.44. The second-order valence-electron chi connectivity index (χ2n) is 4.96. The fourth-order valence-corrected chi connectivity index (χ4v) is 2.50. The van der Waals surface area contributed by atoms with Crippen molar-refractivity contribution in [3.05, 3.63) is 6.33 Å². The van der Waals surface area contributed by atoms with E-state index in [4.69, 9.17) is 4.74 Å². The number of ether oxygens (including phenoxy) is 1. The molecule has 1 aliphatic heterocycles. The molecule has 0 bridgehead atoms. The summed E-state index contributed by atoms with van der Waals surface area (Å²) < 4.78 is 5.40. The highest BCUT2D eigenvalue weighted by molar-refractivity contribution is 5.63. The maximum Gasteiger partial charge on any atom is 0.204 e. The number of hydrogen-bond acceptors (Lipinski definition) is 6. The van der Waals surface area contributed by atoms with E-state index in [0.717, 1.165) is 37.7 Å². The van der Waals surface area contributed by atoms with Gasteiger partial charge in [0, 0.05) is 13.1 Å². The molecule has 0 radical (unpaired) electrons. The molecular formula is C14H25N5O. The Kier molecular flexibility index (Phi) is 5.86. The smallest absolute Gasteiger partial charge is 0.204 e. The van der Waals surface area contributed by atoms with E-state index in [-0.39, 0.29) is 0 Å². The van der Waals surface area contributed by atoms with Crippen molar-refractivity contribution in [2.75, 3.05) is 50.5 Å². The number of anilines is 2. The van der Waals surface area contributed by atoms with Crippen LogP contribution in [0.2, 0.25) is 0 Å². The van der Waals surface area contributed by atoms with Crippen LogP contribution in [0.3, 0.4) is 0 Å². The quantitative estimate of drug-likeness (QED) is 0.708. The van der Waals surface area contributed by atoms with Gasteiger partial charge in [0.2, 0.25) is 5.75 Å². The molecule has 0 atom stereocenters. The van der Waals surface area contributed by atoms with Gasteiger partial charge in [-0.05, 0) is 45.8 Å². The Hall–Kier alpha value is -1.56. The third-order valence-electron chi connectivity index (χ3n) is 3.49. The minimum absolute atomic E-state index is 0.690. The van der Waals surface area contributed by atoms with Crippen LogP contribution in [-0.4, -0.2) is 54.7 Å². The number of nitrogens with zero attached hydrogens (tertiary/aromatic N) is 3. The van der Waals surface area contributed by atoms with Crippen molar-refractivity contribution in [2.45, 2.75) is 26.2 Å². The van der Waals surface area contributed by atoms with Crippen LogP contribution in [0, 0.1) is 0 Å². The molecule has 20 heavy (non-hydrogen) atoms. The summed E-state index contributed by atoms with van der Waals surface area (Å²) >= 11 is 0. The van der Waals surface area contributed by atoms with Gasteiger partial charge >= 0.3 is 0 Å². The number of hydrogen-bond donors (Lipinski definition) is 2. The number of aromatic nitrogens is 2. The molecule has 0 spiro atoms. The summed E-state index contributed by atoms with van der Waals surface area (Å²) in [5, 5.41) is 6.52. The van der Waals surface area contributed by atoms with Gasteiger partial charge in [-0.1, -0.05) is 0 Å². The van der Waals surface area contributed by atoms with E-state index in [1.54, 1.807) is 13.4 Å².